The molecule has 0 aliphatic carbocycles. The van der Waals surface area contributed by atoms with E-state index in [4.69, 9.17) is 0 Å². The third-order valence-electron chi connectivity index (χ3n) is 5.38. The average Bonchev–Trinajstić information content (AvgIpc) is 2.79. The maximum absolute atomic E-state index is 14.2. The van der Waals surface area contributed by atoms with Crippen LogP contribution in [0.3, 0.4) is 0 Å². The van der Waals surface area contributed by atoms with E-state index in [1.54, 1.807) is 37.3 Å². The molecule has 3 aromatic rings. The summed E-state index contributed by atoms with van der Waals surface area (Å²) in [6.07, 6.45) is 0. The standard InChI is InChI=1S/C22H20FN5O4/c1-15-14-20(29)21(24-27(15)17-7-3-2-6-16(17)23)22(30)26-12-10-25(11-13-26)18-8-4-5-9-19(18)28(31)32/h2-9,14H,10-13H2,1H3. The van der Waals surface area contributed by atoms with Crippen molar-refractivity contribution < 1.29 is 14.1 Å². The van der Waals surface area contributed by atoms with Gasteiger partial charge in [-0.05, 0) is 25.1 Å². The molecule has 2 heterocycles. The molecular formula is C22H20FN5O4. The molecule has 4 rings (SSSR count). The number of halogens is 1. The molecule has 0 radical (unpaired) electrons. The topological polar surface area (TPSA) is 102 Å². The summed E-state index contributed by atoms with van der Waals surface area (Å²) < 4.78 is 15.5. The third kappa shape index (κ3) is 3.94. The number of para-hydroxylation sites is 3. The highest BCUT2D eigenvalue weighted by molar-refractivity contribution is 5.92. The highest BCUT2D eigenvalue weighted by atomic mass is 19.1. The number of benzene rings is 2. The van der Waals surface area contributed by atoms with Gasteiger partial charge in [-0.25, -0.2) is 9.07 Å². The van der Waals surface area contributed by atoms with Crippen molar-refractivity contribution in [1.82, 2.24) is 14.7 Å². The zero-order chi connectivity index (χ0) is 22.8. The zero-order valence-electron chi connectivity index (χ0n) is 17.3. The lowest BCUT2D eigenvalue weighted by Gasteiger charge is -2.35. The van der Waals surface area contributed by atoms with Crippen molar-refractivity contribution in [2.24, 2.45) is 0 Å². The zero-order valence-corrected chi connectivity index (χ0v) is 17.3. The van der Waals surface area contributed by atoms with Crippen LogP contribution in [0.25, 0.3) is 5.69 Å². The Kier molecular flexibility index (Phi) is 5.67. The van der Waals surface area contributed by atoms with Crippen LogP contribution in [0.15, 0.2) is 59.4 Å². The van der Waals surface area contributed by atoms with Crippen molar-refractivity contribution in [2.45, 2.75) is 6.92 Å². The van der Waals surface area contributed by atoms with Gasteiger partial charge in [-0.15, -0.1) is 0 Å². The fourth-order valence-corrected chi connectivity index (χ4v) is 3.75. The lowest BCUT2D eigenvalue weighted by atomic mass is 10.2. The molecule has 0 spiro atoms. The maximum Gasteiger partial charge on any atom is 0.292 e. The lowest BCUT2D eigenvalue weighted by molar-refractivity contribution is -0.384. The van der Waals surface area contributed by atoms with Crippen molar-refractivity contribution in [1.29, 1.82) is 0 Å². The van der Waals surface area contributed by atoms with Crippen LogP contribution in [-0.2, 0) is 0 Å². The molecule has 0 N–H and O–H groups in total. The molecule has 2 aromatic carbocycles. The fraction of sp³-hybridized carbons (Fsp3) is 0.227. The molecule has 0 bridgehead atoms. The van der Waals surface area contributed by atoms with E-state index in [0.717, 1.165) is 0 Å². The smallest absolute Gasteiger partial charge is 0.292 e. The summed E-state index contributed by atoms with van der Waals surface area (Å²) in [6, 6.07) is 13.7. The molecule has 1 aromatic heterocycles. The Morgan fingerprint density at radius 3 is 2.31 bits per heavy atom. The first-order chi connectivity index (χ1) is 15.4. The van der Waals surface area contributed by atoms with Crippen LogP contribution in [-0.4, -0.2) is 51.7 Å². The van der Waals surface area contributed by atoms with Gasteiger partial charge in [0.1, 0.15) is 17.2 Å². The molecule has 164 valence electrons. The van der Waals surface area contributed by atoms with Crippen LogP contribution < -0.4 is 10.3 Å². The van der Waals surface area contributed by atoms with E-state index in [9.17, 15) is 24.1 Å². The molecule has 32 heavy (non-hydrogen) atoms. The number of aryl methyl sites for hydroxylation is 1. The summed E-state index contributed by atoms with van der Waals surface area (Å²) in [6.45, 7) is 2.87. The van der Waals surface area contributed by atoms with Crippen molar-refractivity contribution in [3.05, 3.63) is 92.1 Å². The number of nitrogens with zero attached hydrogens (tertiary/aromatic N) is 5. The number of aromatic nitrogens is 2. The van der Waals surface area contributed by atoms with Gasteiger partial charge in [0.2, 0.25) is 5.43 Å². The first-order valence-electron chi connectivity index (χ1n) is 10.0. The number of amides is 1. The summed E-state index contributed by atoms with van der Waals surface area (Å²) in [7, 11) is 0. The quantitative estimate of drug-likeness (QED) is 0.459. The van der Waals surface area contributed by atoms with Crippen molar-refractivity contribution in [3.63, 3.8) is 0 Å². The van der Waals surface area contributed by atoms with Crippen LogP contribution in [0, 0.1) is 22.9 Å². The number of nitro benzene ring substituents is 1. The normalized spacial score (nSPS) is 13.8. The van der Waals surface area contributed by atoms with Crippen LogP contribution in [0.1, 0.15) is 16.2 Å². The third-order valence-corrected chi connectivity index (χ3v) is 5.38. The minimum absolute atomic E-state index is 0.000233. The highest BCUT2D eigenvalue weighted by Crippen LogP contribution is 2.28. The minimum atomic E-state index is -0.553. The summed E-state index contributed by atoms with van der Waals surface area (Å²) in [5.74, 6) is -1.08. The molecule has 1 aliphatic rings. The number of piperazine rings is 1. The van der Waals surface area contributed by atoms with Crippen molar-refractivity contribution in [3.8, 4) is 5.69 Å². The SMILES string of the molecule is Cc1cc(=O)c(C(=O)N2CCN(c3ccccc3[N+](=O)[O-])CC2)nn1-c1ccccc1F. The Hall–Kier alpha value is -4.08. The summed E-state index contributed by atoms with van der Waals surface area (Å²) >= 11 is 0. The summed E-state index contributed by atoms with van der Waals surface area (Å²) in [5, 5.41) is 15.5. The predicted molar refractivity (Wildman–Crippen MR) is 116 cm³/mol. The van der Waals surface area contributed by atoms with E-state index in [1.807, 2.05) is 4.90 Å². The largest absolute Gasteiger partial charge is 0.362 e. The molecule has 1 aliphatic heterocycles. The Balaban J connectivity index is 1.57. The fourth-order valence-electron chi connectivity index (χ4n) is 3.75. The molecule has 1 fully saturated rings. The number of carbonyl (C=O) groups is 1. The molecular weight excluding hydrogens is 417 g/mol. The van der Waals surface area contributed by atoms with E-state index in [1.165, 1.54) is 33.8 Å². The van der Waals surface area contributed by atoms with Gasteiger partial charge in [-0.2, -0.15) is 5.10 Å². The van der Waals surface area contributed by atoms with Gasteiger partial charge < -0.3 is 9.80 Å². The minimum Gasteiger partial charge on any atom is -0.362 e. The number of anilines is 1. The van der Waals surface area contributed by atoms with Gasteiger partial charge in [-0.1, -0.05) is 24.3 Å². The molecule has 1 amide bonds. The van der Waals surface area contributed by atoms with Crippen molar-refractivity contribution in [2.75, 3.05) is 31.1 Å². The van der Waals surface area contributed by atoms with Gasteiger partial charge >= 0.3 is 0 Å². The van der Waals surface area contributed by atoms with E-state index in [-0.39, 0.29) is 30.2 Å². The second-order valence-electron chi connectivity index (χ2n) is 7.39. The van der Waals surface area contributed by atoms with Gasteiger partial charge in [0.05, 0.1) is 4.92 Å². The summed E-state index contributed by atoms with van der Waals surface area (Å²) in [5.41, 5.74) is 0.192. The van der Waals surface area contributed by atoms with Crippen LogP contribution in [0.2, 0.25) is 0 Å². The molecule has 0 atom stereocenters. The number of rotatable bonds is 4. The second kappa shape index (κ2) is 8.58. The van der Waals surface area contributed by atoms with Gasteiger partial charge in [0.25, 0.3) is 11.6 Å². The Morgan fingerprint density at radius 1 is 1.03 bits per heavy atom. The van der Waals surface area contributed by atoms with Gasteiger partial charge in [0.15, 0.2) is 5.69 Å². The van der Waals surface area contributed by atoms with E-state index < -0.39 is 22.1 Å². The number of carbonyl (C=O) groups excluding carboxylic acids is 1. The van der Waals surface area contributed by atoms with E-state index in [0.29, 0.717) is 24.5 Å². The maximum atomic E-state index is 14.2. The molecule has 9 nitrogen and oxygen atoms in total. The van der Waals surface area contributed by atoms with E-state index >= 15 is 0 Å². The van der Waals surface area contributed by atoms with Gasteiger partial charge in [-0.3, -0.25) is 19.7 Å². The monoisotopic (exact) mass is 437 g/mol. The Bertz CT molecular complexity index is 1250. The molecule has 10 heteroatoms. The van der Waals surface area contributed by atoms with Crippen LogP contribution in [0.5, 0.6) is 0 Å². The number of hydrogen-bond acceptors (Lipinski definition) is 6. The lowest BCUT2D eigenvalue weighted by Crippen LogP contribution is -2.50. The molecule has 0 saturated carbocycles. The first-order valence-corrected chi connectivity index (χ1v) is 10.0. The molecule has 1 saturated heterocycles. The highest BCUT2D eigenvalue weighted by Gasteiger charge is 2.28. The van der Waals surface area contributed by atoms with Crippen LogP contribution >= 0.6 is 0 Å². The summed E-state index contributed by atoms with van der Waals surface area (Å²) in [4.78, 5) is 39.7. The van der Waals surface area contributed by atoms with Crippen LogP contribution in [0.4, 0.5) is 15.8 Å². The number of hydrogen-bond donors (Lipinski definition) is 0. The first kappa shape index (κ1) is 21.2. The molecule has 0 unspecified atom stereocenters. The van der Waals surface area contributed by atoms with E-state index in [2.05, 4.69) is 5.10 Å². The Morgan fingerprint density at radius 2 is 1.66 bits per heavy atom. The second-order valence-corrected chi connectivity index (χ2v) is 7.39. The number of nitro groups is 1. The predicted octanol–water partition coefficient (Wildman–Crippen LogP) is 2.55. The van der Waals surface area contributed by atoms with Crippen molar-refractivity contribution >= 4 is 17.3 Å². The van der Waals surface area contributed by atoms with Gasteiger partial charge in [0, 0.05) is 44.0 Å². The Labute approximate surface area is 182 Å². The average molecular weight is 437 g/mol.